The lowest BCUT2D eigenvalue weighted by molar-refractivity contribution is -0.167. The molecule has 0 saturated heterocycles. The van der Waals surface area contributed by atoms with Crippen LogP contribution in [0.3, 0.4) is 0 Å². The zero-order valence-electron chi connectivity index (χ0n) is 49.9. The molecule has 0 aliphatic carbocycles. The predicted molar refractivity (Wildman–Crippen MR) is 321 cm³/mol. The lowest BCUT2D eigenvalue weighted by Gasteiger charge is -2.18. The first-order chi connectivity index (χ1) is 36.5. The Morgan fingerprint density at radius 3 is 0.770 bits per heavy atom. The molecule has 0 aliphatic heterocycles. The van der Waals surface area contributed by atoms with E-state index in [2.05, 4.69) is 57.2 Å². The molecule has 0 aromatic rings. The third kappa shape index (κ3) is 60.5. The fraction of sp³-hybridized carbons (Fsp3) is 0.868. The predicted octanol–water partition coefficient (Wildman–Crippen LogP) is 22.4. The molecule has 6 heteroatoms. The minimum absolute atomic E-state index is 0.0731. The number of ether oxygens (including phenoxy) is 3. The Hall–Kier alpha value is -2.37. The van der Waals surface area contributed by atoms with Crippen LogP contribution in [0.5, 0.6) is 0 Å². The normalized spacial score (nSPS) is 12.2. The van der Waals surface area contributed by atoms with Gasteiger partial charge in [-0.2, -0.15) is 0 Å². The molecule has 1 atom stereocenters. The fourth-order valence-electron chi connectivity index (χ4n) is 9.88. The minimum atomic E-state index is -0.776. The monoisotopic (exact) mass is 1040 g/mol. The average molecular weight is 1040 g/mol. The van der Waals surface area contributed by atoms with Gasteiger partial charge in [-0.25, -0.2) is 0 Å². The Balaban J connectivity index is 4.14. The Morgan fingerprint density at radius 1 is 0.270 bits per heavy atom. The molecule has 0 saturated carbocycles. The minimum Gasteiger partial charge on any atom is -0.462 e. The summed E-state index contributed by atoms with van der Waals surface area (Å²) >= 11 is 0. The molecule has 74 heavy (non-hydrogen) atoms. The molecule has 0 aromatic carbocycles. The maximum Gasteiger partial charge on any atom is 0.306 e. The van der Waals surface area contributed by atoms with Crippen molar-refractivity contribution in [1.29, 1.82) is 0 Å². The van der Waals surface area contributed by atoms with Gasteiger partial charge in [0.15, 0.2) is 6.10 Å². The van der Waals surface area contributed by atoms with Crippen molar-refractivity contribution in [3.63, 3.8) is 0 Å². The highest BCUT2D eigenvalue weighted by Crippen LogP contribution is 2.18. The van der Waals surface area contributed by atoms with Crippen LogP contribution in [-0.2, 0) is 28.6 Å². The third-order valence-corrected chi connectivity index (χ3v) is 14.9. The number of esters is 3. The van der Waals surface area contributed by atoms with Gasteiger partial charge in [0.2, 0.25) is 0 Å². The Bertz CT molecular complexity index is 1240. The van der Waals surface area contributed by atoms with Crippen LogP contribution in [-0.4, -0.2) is 37.2 Å². The van der Waals surface area contributed by atoms with Crippen molar-refractivity contribution in [2.24, 2.45) is 0 Å². The van der Waals surface area contributed by atoms with Crippen LogP contribution in [0.1, 0.15) is 361 Å². The van der Waals surface area contributed by atoms with Crippen molar-refractivity contribution in [3.8, 4) is 0 Å². The maximum absolute atomic E-state index is 12.9. The van der Waals surface area contributed by atoms with Crippen LogP contribution in [0.15, 0.2) is 36.5 Å². The van der Waals surface area contributed by atoms with Gasteiger partial charge in [-0.1, -0.05) is 301 Å². The van der Waals surface area contributed by atoms with E-state index in [1.165, 1.54) is 244 Å². The van der Waals surface area contributed by atoms with E-state index in [1.54, 1.807) is 0 Å². The zero-order valence-corrected chi connectivity index (χ0v) is 49.9. The van der Waals surface area contributed by atoms with Crippen LogP contribution in [0.2, 0.25) is 0 Å². The van der Waals surface area contributed by atoms with Crippen molar-refractivity contribution >= 4 is 17.9 Å². The van der Waals surface area contributed by atoms with E-state index < -0.39 is 6.10 Å². The van der Waals surface area contributed by atoms with Crippen LogP contribution in [0.4, 0.5) is 0 Å². The fourth-order valence-corrected chi connectivity index (χ4v) is 9.88. The van der Waals surface area contributed by atoms with E-state index >= 15 is 0 Å². The summed E-state index contributed by atoms with van der Waals surface area (Å²) in [5.41, 5.74) is 0. The largest absolute Gasteiger partial charge is 0.462 e. The molecule has 0 N–H and O–H groups in total. The molecular formula is C68H126O6. The summed E-state index contributed by atoms with van der Waals surface area (Å²) in [5, 5.41) is 0. The zero-order chi connectivity index (χ0) is 53.6. The number of carbonyl (C=O) groups excluding carboxylic acids is 3. The molecule has 0 radical (unpaired) electrons. The number of allylic oxidation sites excluding steroid dienone is 6. The molecule has 1 unspecified atom stereocenters. The number of rotatable bonds is 61. The first-order valence-corrected chi connectivity index (χ1v) is 33.0. The molecule has 0 rings (SSSR count). The number of hydrogen-bond donors (Lipinski definition) is 0. The molecular weight excluding hydrogens is 913 g/mol. The van der Waals surface area contributed by atoms with Gasteiger partial charge in [0.1, 0.15) is 13.2 Å². The lowest BCUT2D eigenvalue weighted by Crippen LogP contribution is -2.30. The second-order valence-electron chi connectivity index (χ2n) is 22.4. The Morgan fingerprint density at radius 2 is 0.486 bits per heavy atom. The van der Waals surface area contributed by atoms with Gasteiger partial charge in [0.05, 0.1) is 0 Å². The van der Waals surface area contributed by atoms with Crippen molar-refractivity contribution in [2.75, 3.05) is 13.2 Å². The van der Waals surface area contributed by atoms with Gasteiger partial charge in [0.25, 0.3) is 0 Å². The first kappa shape index (κ1) is 71.6. The van der Waals surface area contributed by atoms with Crippen LogP contribution in [0.25, 0.3) is 0 Å². The highest BCUT2D eigenvalue weighted by molar-refractivity contribution is 5.71. The van der Waals surface area contributed by atoms with Crippen molar-refractivity contribution in [3.05, 3.63) is 36.5 Å². The molecule has 0 bridgehead atoms. The van der Waals surface area contributed by atoms with E-state index in [4.69, 9.17) is 14.2 Å². The topological polar surface area (TPSA) is 78.9 Å². The first-order valence-electron chi connectivity index (χ1n) is 33.0. The second kappa shape index (κ2) is 63.2. The molecule has 434 valence electrons. The van der Waals surface area contributed by atoms with E-state index in [0.717, 1.165) is 77.0 Å². The summed E-state index contributed by atoms with van der Waals surface area (Å²) in [7, 11) is 0. The SMILES string of the molecule is CCCCCC/C=C\C/C=C\CCCCCCCC(=O)OC(COC(=O)CCCCCCCCCCCCC)COC(=O)CCCCCCCCCCCCCCCCCCC/C=C\CCCCCCCCCC. The number of unbranched alkanes of at least 4 members (excludes halogenated alkanes) is 44. The van der Waals surface area contributed by atoms with Gasteiger partial charge >= 0.3 is 17.9 Å². The van der Waals surface area contributed by atoms with Crippen molar-refractivity contribution in [2.45, 2.75) is 367 Å². The van der Waals surface area contributed by atoms with Crippen molar-refractivity contribution in [1.82, 2.24) is 0 Å². The average Bonchev–Trinajstić information content (AvgIpc) is 3.40. The highest BCUT2D eigenvalue weighted by Gasteiger charge is 2.19. The van der Waals surface area contributed by atoms with Crippen LogP contribution < -0.4 is 0 Å². The van der Waals surface area contributed by atoms with Crippen LogP contribution >= 0.6 is 0 Å². The second-order valence-corrected chi connectivity index (χ2v) is 22.4. The van der Waals surface area contributed by atoms with E-state index in [9.17, 15) is 14.4 Å². The smallest absolute Gasteiger partial charge is 0.306 e. The molecule has 0 aliphatic rings. The van der Waals surface area contributed by atoms with Gasteiger partial charge in [0, 0.05) is 19.3 Å². The van der Waals surface area contributed by atoms with E-state index in [0.29, 0.717) is 19.3 Å². The summed E-state index contributed by atoms with van der Waals surface area (Å²) < 4.78 is 16.9. The third-order valence-electron chi connectivity index (χ3n) is 14.9. The lowest BCUT2D eigenvalue weighted by atomic mass is 10.0. The molecule has 0 fully saturated rings. The summed E-state index contributed by atoms with van der Waals surface area (Å²) in [6, 6.07) is 0. The summed E-state index contributed by atoms with van der Waals surface area (Å²) in [6.45, 7) is 6.66. The molecule has 0 spiro atoms. The standard InChI is InChI=1S/C68H126O6/c1-4-7-10-13-16-19-22-24-26-28-29-30-31-32-33-34-35-36-37-38-39-40-42-43-46-49-52-55-58-61-67(70)73-64-65(63-72-66(69)60-57-54-51-48-45-21-18-15-12-9-6-3)74-68(71)62-59-56-53-50-47-44-41-27-25-23-20-17-14-11-8-5-2/h20,23,27-29,41,65H,4-19,21-22,24-26,30-40,42-64H2,1-3H3/b23-20-,29-28-,41-27-. The highest BCUT2D eigenvalue weighted by atomic mass is 16.6. The Labute approximate surface area is 461 Å². The summed E-state index contributed by atoms with van der Waals surface area (Å²) in [4.78, 5) is 38.2. The molecule has 0 heterocycles. The van der Waals surface area contributed by atoms with E-state index in [1.807, 2.05) is 0 Å². The van der Waals surface area contributed by atoms with Gasteiger partial charge in [-0.05, 0) is 77.0 Å². The quantitative estimate of drug-likeness (QED) is 0.0261. The summed E-state index contributed by atoms with van der Waals surface area (Å²) in [5.74, 6) is -0.865. The van der Waals surface area contributed by atoms with Gasteiger partial charge in [-0.3, -0.25) is 14.4 Å². The van der Waals surface area contributed by atoms with Crippen molar-refractivity contribution < 1.29 is 28.6 Å². The maximum atomic E-state index is 12.9. The molecule has 0 amide bonds. The molecule has 6 nitrogen and oxygen atoms in total. The summed E-state index contributed by atoms with van der Waals surface area (Å²) in [6.07, 6.45) is 77.4. The van der Waals surface area contributed by atoms with E-state index in [-0.39, 0.29) is 31.1 Å². The number of hydrogen-bond acceptors (Lipinski definition) is 6. The van der Waals surface area contributed by atoms with Crippen LogP contribution in [0, 0.1) is 0 Å². The Kier molecular flexibility index (Phi) is 61.1. The van der Waals surface area contributed by atoms with Gasteiger partial charge in [-0.15, -0.1) is 0 Å². The molecule has 0 aromatic heterocycles. The number of carbonyl (C=O) groups is 3. The van der Waals surface area contributed by atoms with Gasteiger partial charge < -0.3 is 14.2 Å².